The van der Waals surface area contributed by atoms with Crippen molar-refractivity contribution in [3.63, 3.8) is 0 Å². The fraction of sp³-hybridized carbons (Fsp3) is 0.423. The molecule has 1 saturated heterocycles. The fourth-order valence-corrected chi connectivity index (χ4v) is 4.46. The predicted octanol–water partition coefficient (Wildman–Crippen LogP) is 4.48. The number of carbonyl (C=O) groups excluding carboxylic acids is 2. The van der Waals surface area contributed by atoms with Gasteiger partial charge in [0.2, 0.25) is 0 Å². The number of nitrogens with one attached hydrogen (secondary N) is 1. The van der Waals surface area contributed by atoms with E-state index in [4.69, 9.17) is 4.74 Å². The number of rotatable bonds is 4. The molecule has 174 valence electrons. The minimum Gasteiger partial charge on any atom is -0.443 e. The molecule has 1 aliphatic rings. The summed E-state index contributed by atoms with van der Waals surface area (Å²) in [5.74, 6) is -0.175. The van der Waals surface area contributed by atoms with Crippen molar-refractivity contribution in [3.05, 3.63) is 54.0 Å². The maximum Gasteiger partial charge on any atom is 0.419 e. The summed E-state index contributed by atoms with van der Waals surface area (Å²) in [6.07, 6.45) is 8.05. The first-order valence-corrected chi connectivity index (χ1v) is 11.4. The van der Waals surface area contributed by atoms with Crippen LogP contribution < -0.4 is 5.32 Å². The molecule has 0 aliphatic carbocycles. The van der Waals surface area contributed by atoms with Gasteiger partial charge in [-0.1, -0.05) is 6.07 Å². The molecule has 1 amide bonds. The molecule has 4 rings (SSSR count). The van der Waals surface area contributed by atoms with E-state index in [1.807, 2.05) is 45.2 Å². The molecule has 0 spiro atoms. The number of hydrogen-bond donors (Lipinski definition) is 1. The second-order valence-electron chi connectivity index (χ2n) is 9.76. The van der Waals surface area contributed by atoms with Crippen LogP contribution in [0.1, 0.15) is 49.5 Å². The Bertz CT molecular complexity index is 1190. The van der Waals surface area contributed by atoms with Gasteiger partial charge in [0.1, 0.15) is 5.60 Å². The van der Waals surface area contributed by atoms with Gasteiger partial charge in [-0.3, -0.25) is 14.3 Å². The highest BCUT2D eigenvalue weighted by atomic mass is 16.6. The number of nitrogens with zero attached hydrogens (tertiary/aromatic N) is 3. The molecule has 3 heterocycles. The van der Waals surface area contributed by atoms with E-state index in [9.17, 15) is 9.59 Å². The molecule has 2 aromatic heterocycles. The zero-order chi connectivity index (χ0) is 23.8. The number of fused-ring (bicyclic) bond motifs is 1. The lowest BCUT2D eigenvalue weighted by atomic mass is 9.99. The fourth-order valence-electron chi connectivity index (χ4n) is 4.46. The molecule has 1 atom stereocenters. The quantitative estimate of drug-likeness (QED) is 0.637. The lowest BCUT2D eigenvalue weighted by molar-refractivity contribution is 0.0544. The highest BCUT2D eigenvalue weighted by Gasteiger charge is 2.25. The molecular formula is C26H32N4O3. The van der Waals surface area contributed by atoms with Crippen LogP contribution in [0, 0.1) is 0 Å². The lowest BCUT2D eigenvalue weighted by Crippen LogP contribution is -2.27. The van der Waals surface area contributed by atoms with E-state index >= 15 is 0 Å². The number of likely N-dealkylation sites (N-methyl/N-ethyl adjacent to an activating group) is 1. The Labute approximate surface area is 194 Å². The molecule has 1 fully saturated rings. The number of ether oxygens (including phenoxy) is 1. The second-order valence-corrected chi connectivity index (χ2v) is 9.76. The van der Waals surface area contributed by atoms with Gasteiger partial charge in [-0.15, -0.1) is 0 Å². The molecule has 3 aromatic rings. The summed E-state index contributed by atoms with van der Waals surface area (Å²) in [5.41, 5.74) is 3.67. The van der Waals surface area contributed by atoms with Crippen molar-refractivity contribution in [2.45, 2.75) is 51.7 Å². The van der Waals surface area contributed by atoms with Crippen LogP contribution in [0.5, 0.6) is 0 Å². The molecule has 7 nitrogen and oxygen atoms in total. The molecule has 1 N–H and O–H groups in total. The Balaban J connectivity index is 1.79. The molecule has 33 heavy (non-hydrogen) atoms. The van der Waals surface area contributed by atoms with Gasteiger partial charge >= 0.3 is 6.09 Å². The number of amides is 1. The third-order valence-electron chi connectivity index (χ3n) is 6.17. The van der Waals surface area contributed by atoms with Crippen LogP contribution in [0.4, 0.5) is 4.79 Å². The second kappa shape index (κ2) is 8.98. The van der Waals surface area contributed by atoms with Crippen molar-refractivity contribution in [2.75, 3.05) is 20.6 Å². The molecule has 0 radical (unpaired) electrons. The Morgan fingerprint density at radius 2 is 1.97 bits per heavy atom. The van der Waals surface area contributed by atoms with Crippen molar-refractivity contribution in [3.8, 4) is 11.1 Å². The first-order valence-electron chi connectivity index (χ1n) is 11.4. The van der Waals surface area contributed by atoms with Gasteiger partial charge in [-0.05, 0) is 83.0 Å². The van der Waals surface area contributed by atoms with E-state index in [1.165, 1.54) is 6.42 Å². The highest BCUT2D eigenvalue weighted by molar-refractivity contribution is 5.97. The number of pyridine rings is 1. The van der Waals surface area contributed by atoms with E-state index in [-0.39, 0.29) is 12.0 Å². The third-order valence-corrected chi connectivity index (χ3v) is 6.17. The minimum absolute atomic E-state index is 0.175. The SMILES string of the molecule is CNC(=O)c1cncc(-c2ccc3c(c2)c(C[C@H]2CCCN2C)cn3C(=O)OC(C)(C)C)c1. The van der Waals surface area contributed by atoms with E-state index < -0.39 is 5.60 Å². The summed E-state index contributed by atoms with van der Waals surface area (Å²) in [5, 5.41) is 3.66. The molecule has 0 saturated carbocycles. The first-order chi connectivity index (χ1) is 15.7. The average molecular weight is 449 g/mol. The summed E-state index contributed by atoms with van der Waals surface area (Å²) in [6.45, 7) is 6.71. The largest absolute Gasteiger partial charge is 0.443 e. The maximum atomic E-state index is 13.0. The summed E-state index contributed by atoms with van der Waals surface area (Å²) in [4.78, 5) is 31.7. The van der Waals surface area contributed by atoms with E-state index in [1.54, 1.807) is 24.0 Å². The van der Waals surface area contributed by atoms with Gasteiger partial charge < -0.3 is 15.0 Å². The molecule has 0 bridgehead atoms. The Kier molecular flexibility index (Phi) is 6.26. The maximum absolute atomic E-state index is 13.0. The third kappa shape index (κ3) is 4.93. The number of hydrogen-bond acceptors (Lipinski definition) is 5. The lowest BCUT2D eigenvalue weighted by Gasteiger charge is -2.20. The Hall–Kier alpha value is -3.19. The summed E-state index contributed by atoms with van der Waals surface area (Å²) >= 11 is 0. The normalized spacial score (nSPS) is 16.8. The van der Waals surface area contributed by atoms with Crippen molar-refractivity contribution < 1.29 is 14.3 Å². The topological polar surface area (TPSA) is 76.5 Å². The summed E-state index contributed by atoms with van der Waals surface area (Å²) in [7, 11) is 3.76. The van der Waals surface area contributed by atoms with E-state index in [0.717, 1.165) is 47.0 Å². The van der Waals surface area contributed by atoms with Crippen LogP contribution in [0.25, 0.3) is 22.0 Å². The summed E-state index contributed by atoms with van der Waals surface area (Å²) < 4.78 is 7.28. The Morgan fingerprint density at radius 3 is 2.64 bits per heavy atom. The standard InChI is InChI=1S/C26H32N4O3/c1-26(2,3)33-25(32)30-16-20(12-21-7-6-10-29(21)5)22-13-17(8-9-23(22)30)18-11-19(15-28-14-18)24(31)27-4/h8-9,11,13-16,21H,6-7,10,12H2,1-5H3,(H,27,31)/t21-/m1/s1. The molecule has 1 aliphatic heterocycles. The number of carbonyl (C=O) groups is 2. The highest BCUT2D eigenvalue weighted by Crippen LogP contribution is 2.31. The number of benzene rings is 1. The van der Waals surface area contributed by atoms with Gasteiger partial charge in [0.15, 0.2) is 0 Å². The van der Waals surface area contributed by atoms with Gasteiger partial charge in [-0.2, -0.15) is 0 Å². The van der Waals surface area contributed by atoms with Crippen molar-refractivity contribution in [1.29, 1.82) is 0 Å². The molecular weight excluding hydrogens is 416 g/mol. The zero-order valence-electron chi connectivity index (χ0n) is 20.0. The predicted molar refractivity (Wildman–Crippen MR) is 130 cm³/mol. The van der Waals surface area contributed by atoms with Gasteiger partial charge in [0.25, 0.3) is 5.91 Å². The average Bonchev–Trinajstić information content (AvgIpc) is 3.35. The first kappa shape index (κ1) is 23.0. The van der Waals surface area contributed by atoms with Gasteiger partial charge in [0.05, 0.1) is 11.1 Å². The van der Waals surface area contributed by atoms with Crippen LogP contribution in [-0.4, -0.2) is 58.7 Å². The molecule has 7 heteroatoms. The van der Waals surface area contributed by atoms with Crippen LogP contribution in [-0.2, 0) is 11.2 Å². The monoisotopic (exact) mass is 448 g/mol. The van der Waals surface area contributed by atoms with Crippen LogP contribution in [0.2, 0.25) is 0 Å². The molecule has 0 unspecified atom stereocenters. The van der Waals surface area contributed by atoms with Crippen LogP contribution in [0.3, 0.4) is 0 Å². The van der Waals surface area contributed by atoms with E-state index in [2.05, 4.69) is 28.3 Å². The smallest absolute Gasteiger partial charge is 0.419 e. The summed E-state index contributed by atoms with van der Waals surface area (Å²) in [6, 6.07) is 8.28. The van der Waals surface area contributed by atoms with E-state index in [0.29, 0.717) is 11.6 Å². The Morgan fingerprint density at radius 1 is 1.18 bits per heavy atom. The van der Waals surface area contributed by atoms with Crippen LogP contribution in [0.15, 0.2) is 42.9 Å². The van der Waals surface area contributed by atoms with Crippen LogP contribution >= 0.6 is 0 Å². The zero-order valence-corrected chi connectivity index (χ0v) is 20.0. The number of likely N-dealkylation sites (tertiary alicyclic amines) is 1. The molecule has 1 aromatic carbocycles. The van der Waals surface area contributed by atoms with Crippen molar-refractivity contribution >= 4 is 22.9 Å². The van der Waals surface area contributed by atoms with Crippen molar-refractivity contribution in [2.24, 2.45) is 0 Å². The number of aromatic nitrogens is 2. The van der Waals surface area contributed by atoms with Gasteiger partial charge in [-0.25, -0.2) is 4.79 Å². The minimum atomic E-state index is -0.578. The van der Waals surface area contributed by atoms with Gasteiger partial charge in [0, 0.05) is 42.6 Å². The van der Waals surface area contributed by atoms with Crippen molar-refractivity contribution in [1.82, 2.24) is 19.8 Å².